The minimum absolute atomic E-state index is 0.0438. The highest BCUT2D eigenvalue weighted by molar-refractivity contribution is 6.46. The van der Waals surface area contributed by atoms with Crippen LogP contribution in [-0.2, 0) is 9.59 Å². The molecule has 1 heterocycles. The number of quaternary nitrogens is 1. The van der Waals surface area contributed by atoms with Gasteiger partial charge < -0.3 is 14.9 Å². The molecule has 0 aromatic heterocycles. The summed E-state index contributed by atoms with van der Waals surface area (Å²) in [6.07, 6.45) is 0. The molecule has 1 aliphatic heterocycles. The van der Waals surface area contributed by atoms with Gasteiger partial charge in [0.1, 0.15) is 11.6 Å². The van der Waals surface area contributed by atoms with Crippen molar-refractivity contribution in [2.24, 2.45) is 0 Å². The number of halogens is 1. The monoisotopic (exact) mass is 397 g/mol. The molecule has 1 atom stereocenters. The molecule has 1 saturated heterocycles. The van der Waals surface area contributed by atoms with Gasteiger partial charge in [-0.05, 0) is 31.5 Å². The molecule has 2 aromatic rings. The lowest BCUT2D eigenvalue weighted by Crippen LogP contribution is -3.12. The summed E-state index contributed by atoms with van der Waals surface area (Å²) < 4.78 is 13.5. The molecule has 1 fully saturated rings. The zero-order chi connectivity index (χ0) is 21.0. The Morgan fingerprint density at radius 3 is 2.24 bits per heavy atom. The van der Waals surface area contributed by atoms with Crippen molar-refractivity contribution in [1.29, 1.82) is 0 Å². The normalized spacial score (nSPS) is 18.6. The summed E-state index contributed by atoms with van der Waals surface area (Å²) >= 11 is 0. The molecule has 3 rings (SSSR count). The maximum absolute atomic E-state index is 13.5. The molecule has 29 heavy (non-hydrogen) atoms. The van der Waals surface area contributed by atoms with Crippen molar-refractivity contribution in [1.82, 2.24) is 4.90 Å². The second-order valence-electron chi connectivity index (χ2n) is 7.12. The van der Waals surface area contributed by atoms with E-state index in [0.717, 1.165) is 13.1 Å². The molecule has 0 bridgehead atoms. The minimum Gasteiger partial charge on any atom is -0.507 e. The van der Waals surface area contributed by atoms with Crippen LogP contribution in [0.1, 0.15) is 31.0 Å². The van der Waals surface area contributed by atoms with Crippen molar-refractivity contribution >= 4 is 17.4 Å². The van der Waals surface area contributed by atoms with Gasteiger partial charge in [-0.1, -0.05) is 42.5 Å². The van der Waals surface area contributed by atoms with Crippen LogP contribution in [0.4, 0.5) is 4.39 Å². The highest BCUT2D eigenvalue weighted by Gasteiger charge is 2.46. The number of ketones is 1. The molecule has 0 aliphatic carbocycles. The molecule has 1 aliphatic rings. The molecular weight excluding hydrogens is 371 g/mol. The lowest BCUT2D eigenvalue weighted by atomic mass is 9.95. The first-order valence-corrected chi connectivity index (χ1v) is 9.90. The zero-order valence-corrected chi connectivity index (χ0v) is 16.7. The molecular formula is C23H26FN2O3+. The van der Waals surface area contributed by atoms with Gasteiger partial charge in [-0.15, -0.1) is 0 Å². The number of aliphatic hydroxyl groups excluding tert-OH is 1. The molecule has 0 radical (unpaired) electrons. The topological polar surface area (TPSA) is 62.0 Å². The summed E-state index contributed by atoms with van der Waals surface area (Å²) in [5, 5.41) is 10.9. The first kappa shape index (κ1) is 20.7. The van der Waals surface area contributed by atoms with E-state index in [9.17, 15) is 19.1 Å². The second kappa shape index (κ2) is 9.01. The van der Waals surface area contributed by atoms with Crippen molar-refractivity contribution in [2.45, 2.75) is 19.9 Å². The quantitative estimate of drug-likeness (QED) is 0.428. The minimum atomic E-state index is -0.745. The van der Waals surface area contributed by atoms with Crippen LogP contribution in [0.15, 0.2) is 60.2 Å². The third kappa shape index (κ3) is 4.22. The molecule has 1 amide bonds. The number of likely N-dealkylation sites (N-methyl/N-ethyl adjacent to an activating group) is 1. The third-order valence-corrected chi connectivity index (χ3v) is 5.48. The van der Waals surface area contributed by atoms with E-state index in [2.05, 4.69) is 13.8 Å². The van der Waals surface area contributed by atoms with Crippen molar-refractivity contribution < 1.29 is 24.0 Å². The number of nitrogens with zero attached hydrogens (tertiary/aromatic N) is 1. The van der Waals surface area contributed by atoms with Crippen molar-refractivity contribution in [3.8, 4) is 0 Å². The number of hydrogen-bond acceptors (Lipinski definition) is 3. The largest absolute Gasteiger partial charge is 0.507 e. The molecule has 152 valence electrons. The van der Waals surface area contributed by atoms with Gasteiger partial charge in [0.25, 0.3) is 11.7 Å². The van der Waals surface area contributed by atoms with Gasteiger partial charge in [0.05, 0.1) is 37.8 Å². The van der Waals surface area contributed by atoms with Crippen LogP contribution >= 0.6 is 0 Å². The molecule has 2 N–H and O–H groups in total. The smallest absolute Gasteiger partial charge is 0.295 e. The van der Waals surface area contributed by atoms with E-state index in [1.54, 1.807) is 42.5 Å². The highest BCUT2D eigenvalue weighted by atomic mass is 19.1. The number of nitrogens with one attached hydrogen (secondary N) is 1. The van der Waals surface area contributed by atoms with Crippen LogP contribution in [0.2, 0.25) is 0 Å². The molecule has 2 aromatic carbocycles. The fourth-order valence-corrected chi connectivity index (χ4v) is 3.74. The van der Waals surface area contributed by atoms with E-state index in [4.69, 9.17) is 0 Å². The number of carbonyl (C=O) groups excluding carboxylic acids is 2. The fraction of sp³-hybridized carbons (Fsp3) is 0.304. The number of Topliss-reactive ketones (excluding diaryl/α,β-unsaturated/α-hetero) is 1. The van der Waals surface area contributed by atoms with Crippen molar-refractivity contribution in [2.75, 3.05) is 26.2 Å². The molecule has 0 spiro atoms. The number of carbonyl (C=O) groups is 2. The number of benzene rings is 2. The first-order valence-electron chi connectivity index (χ1n) is 9.90. The van der Waals surface area contributed by atoms with E-state index >= 15 is 0 Å². The van der Waals surface area contributed by atoms with Crippen molar-refractivity contribution in [3.63, 3.8) is 0 Å². The van der Waals surface area contributed by atoms with E-state index in [1.807, 2.05) is 0 Å². The first-order chi connectivity index (χ1) is 14.0. The number of aliphatic hydroxyl groups is 1. The fourth-order valence-electron chi connectivity index (χ4n) is 3.74. The summed E-state index contributed by atoms with van der Waals surface area (Å²) in [5.41, 5.74) is 1.10. The van der Waals surface area contributed by atoms with Gasteiger partial charge >= 0.3 is 0 Å². The van der Waals surface area contributed by atoms with Crippen LogP contribution in [-0.4, -0.2) is 47.9 Å². The number of amides is 1. The van der Waals surface area contributed by atoms with Gasteiger partial charge in [0, 0.05) is 5.56 Å². The van der Waals surface area contributed by atoms with Gasteiger partial charge in [-0.3, -0.25) is 9.59 Å². The van der Waals surface area contributed by atoms with Crippen molar-refractivity contribution in [3.05, 3.63) is 77.1 Å². The Hall–Kier alpha value is -2.99. The number of likely N-dealkylation sites (tertiary alicyclic amines) is 1. The third-order valence-electron chi connectivity index (χ3n) is 5.48. The number of rotatable bonds is 7. The average molecular weight is 397 g/mol. The van der Waals surface area contributed by atoms with Crippen LogP contribution in [0.5, 0.6) is 0 Å². The van der Waals surface area contributed by atoms with E-state index in [1.165, 1.54) is 21.9 Å². The predicted octanol–water partition coefficient (Wildman–Crippen LogP) is 2.17. The summed E-state index contributed by atoms with van der Waals surface area (Å²) in [5.74, 6) is -1.96. The Morgan fingerprint density at radius 1 is 1.03 bits per heavy atom. The lowest BCUT2D eigenvalue weighted by Gasteiger charge is -2.27. The van der Waals surface area contributed by atoms with Gasteiger partial charge in [0.2, 0.25) is 0 Å². The average Bonchev–Trinajstić information content (AvgIpc) is 3.00. The highest BCUT2D eigenvalue weighted by Crippen LogP contribution is 2.39. The zero-order valence-electron chi connectivity index (χ0n) is 16.7. The Kier molecular flexibility index (Phi) is 6.44. The van der Waals surface area contributed by atoms with Crippen LogP contribution in [0.3, 0.4) is 0 Å². The molecule has 0 saturated carbocycles. The lowest BCUT2D eigenvalue weighted by molar-refractivity contribution is -0.895. The number of hydrogen-bond donors (Lipinski definition) is 2. The summed E-state index contributed by atoms with van der Waals surface area (Å²) in [4.78, 5) is 28.5. The Bertz CT molecular complexity index is 905. The second-order valence-corrected chi connectivity index (χ2v) is 7.12. The summed E-state index contributed by atoms with van der Waals surface area (Å²) in [7, 11) is 0. The Morgan fingerprint density at radius 2 is 1.66 bits per heavy atom. The summed E-state index contributed by atoms with van der Waals surface area (Å²) in [6, 6.07) is 13.6. The van der Waals surface area contributed by atoms with Gasteiger partial charge in [-0.25, -0.2) is 4.39 Å². The molecule has 0 unspecified atom stereocenters. The van der Waals surface area contributed by atoms with Gasteiger partial charge in [0.15, 0.2) is 0 Å². The molecule has 6 heteroatoms. The Balaban J connectivity index is 2.07. The maximum Gasteiger partial charge on any atom is 0.295 e. The van der Waals surface area contributed by atoms with Gasteiger partial charge in [-0.2, -0.15) is 0 Å². The standard InChI is InChI=1S/C23H25FN2O3/c1-3-25(4-2)14-15-26-20(16-10-12-18(24)13-11-16)19(22(28)23(26)29)21(27)17-8-6-5-7-9-17/h5-13,20,27H,3-4,14-15H2,1-2H3/p+1/t20-/m0/s1. The maximum atomic E-state index is 13.5. The Labute approximate surface area is 170 Å². The van der Waals surface area contributed by atoms with E-state index in [0.29, 0.717) is 24.2 Å². The van der Waals surface area contributed by atoms with E-state index < -0.39 is 23.5 Å². The summed E-state index contributed by atoms with van der Waals surface area (Å²) in [6.45, 7) is 7.01. The molecule has 5 nitrogen and oxygen atoms in total. The predicted molar refractivity (Wildman–Crippen MR) is 109 cm³/mol. The van der Waals surface area contributed by atoms with Crippen LogP contribution in [0, 0.1) is 5.82 Å². The van der Waals surface area contributed by atoms with Crippen LogP contribution < -0.4 is 4.90 Å². The SMILES string of the molecule is CC[NH+](CC)CCN1C(=O)C(=O)C(=C(O)c2ccccc2)[C@@H]1c1ccc(F)cc1. The van der Waals surface area contributed by atoms with E-state index in [-0.39, 0.29) is 11.3 Å². The van der Waals surface area contributed by atoms with Crippen LogP contribution in [0.25, 0.3) is 5.76 Å².